The highest BCUT2D eigenvalue weighted by Gasteiger charge is 2.43. The molecule has 1 aliphatic heterocycles. The zero-order valence-electron chi connectivity index (χ0n) is 19.8. The number of anilines is 2. The molecule has 3 aromatic rings. The molecule has 2 unspecified atom stereocenters. The largest absolute Gasteiger partial charge is 0.424 e. The first-order chi connectivity index (χ1) is 16.2. The summed E-state index contributed by atoms with van der Waals surface area (Å²) in [6.07, 6.45) is 3.65. The van der Waals surface area contributed by atoms with Crippen LogP contribution in [0.2, 0.25) is 5.02 Å². The Morgan fingerprint density at radius 3 is 2.71 bits per heavy atom. The maximum atomic E-state index is 13.7. The van der Waals surface area contributed by atoms with E-state index in [9.17, 15) is 4.39 Å². The third kappa shape index (κ3) is 4.14. The Balaban J connectivity index is 1.36. The SMILES string of the molecule is [2H]C([2H])([2H])n1nc(NC2C3CCC2CN(c2cc(C)ncn2)C3)nc1Oc1cc(F)cc(Cl)c1. The van der Waals surface area contributed by atoms with E-state index >= 15 is 0 Å². The second kappa shape index (κ2) is 7.96. The Kier molecular flexibility index (Phi) is 4.29. The van der Waals surface area contributed by atoms with E-state index in [1.54, 1.807) is 6.33 Å². The fraction of sp³-hybridized carbons (Fsp3) is 0.429. The van der Waals surface area contributed by atoms with Gasteiger partial charge in [0.2, 0.25) is 5.95 Å². The van der Waals surface area contributed by atoms with Crippen molar-refractivity contribution in [3.8, 4) is 11.8 Å². The predicted octanol–water partition coefficient (Wildman–Crippen LogP) is 3.83. The zero-order chi connectivity index (χ0) is 24.0. The highest BCUT2D eigenvalue weighted by molar-refractivity contribution is 6.30. The van der Waals surface area contributed by atoms with Gasteiger partial charge < -0.3 is 15.0 Å². The maximum Gasteiger partial charge on any atom is 0.321 e. The molecule has 2 bridgehead atoms. The number of aryl methyl sites for hydroxylation is 2. The number of ether oxygens (including phenoxy) is 1. The first-order valence-corrected chi connectivity index (χ1v) is 10.4. The highest BCUT2D eigenvalue weighted by Crippen LogP contribution is 2.39. The molecule has 0 radical (unpaired) electrons. The van der Waals surface area contributed by atoms with E-state index in [0.717, 1.165) is 54.3 Å². The molecule has 1 saturated carbocycles. The number of piperidine rings is 1. The van der Waals surface area contributed by atoms with Gasteiger partial charge in [-0.1, -0.05) is 11.6 Å². The van der Waals surface area contributed by atoms with Gasteiger partial charge in [-0.05, 0) is 43.7 Å². The van der Waals surface area contributed by atoms with Crippen molar-refractivity contribution in [2.45, 2.75) is 25.8 Å². The lowest BCUT2D eigenvalue weighted by Gasteiger charge is -2.38. The van der Waals surface area contributed by atoms with Crippen molar-refractivity contribution < 1.29 is 13.2 Å². The molecule has 2 atom stereocenters. The normalized spacial score (nSPS) is 24.4. The number of benzene rings is 1. The van der Waals surface area contributed by atoms with Crippen LogP contribution in [0.25, 0.3) is 0 Å². The molecule has 0 amide bonds. The summed E-state index contributed by atoms with van der Waals surface area (Å²) in [4.78, 5) is 15.1. The summed E-state index contributed by atoms with van der Waals surface area (Å²) in [5, 5.41) is 7.60. The molecule has 162 valence electrons. The molecular weight excluding hydrogens is 421 g/mol. The molecule has 2 aliphatic rings. The number of hydrogen-bond donors (Lipinski definition) is 1. The van der Waals surface area contributed by atoms with E-state index in [1.165, 1.54) is 6.07 Å². The van der Waals surface area contributed by atoms with Gasteiger partial charge >= 0.3 is 6.01 Å². The van der Waals surface area contributed by atoms with Gasteiger partial charge in [0.25, 0.3) is 0 Å². The molecule has 5 rings (SSSR count). The lowest BCUT2D eigenvalue weighted by atomic mass is 9.92. The number of hydrogen-bond acceptors (Lipinski definition) is 7. The van der Waals surface area contributed by atoms with Crippen molar-refractivity contribution in [1.82, 2.24) is 24.7 Å². The summed E-state index contributed by atoms with van der Waals surface area (Å²) in [5.41, 5.74) is 0.920. The number of halogens is 2. The monoisotopic (exact) mass is 446 g/mol. The quantitative estimate of drug-likeness (QED) is 0.637. The van der Waals surface area contributed by atoms with Crippen molar-refractivity contribution in [1.29, 1.82) is 0 Å². The first kappa shape index (κ1) is 16.7. The summed E-state index contributed by atoms with van der Waals surface area (Å²) in [6.45, 7) is 0.941. The van der Waals surface area contributed by atoms with Gasteiger partial charge in [-0.3, -0.25) is 0 Å². The number of rotatable bonds is 5. The number of nitrogens with zero attached hydrogens (tertiary/aromatic N) is 6. The van der Waals surface area contributed by atoms with E-state index < -0.39 is 12.8 Å². The van der Waals surface area contributed by atoms with E-state index in [1.807, 2.05) is 13.0 Å². The molecule has 1 N–H and O–H groups in total. The van der Waals surface area contributed by atoms with E-state index in [2.05, 4.69) is 30.3 Å². The fourth-order valence-electron chi connectivity index (χ4n) is 4.53. The molecule has 2 aromatic heterocycles. The second-order valence-corrected chi connectivity index (χ2v) is 8.46. The Morgan fingerprint density at radius 1 is 1.19 bits per heavy atom. The summed E-state index contributed by atoms with van der Waals surface area (Å²) in [5.74, 6) is 1.13. The van der Waals surface area contributed by atoms with Gasteiger partial charge in [-0.15, -0.1) is 5.10 Å². The van der Waals surface area contributed by atoms with Crippen molar-refractivity contribution in [3.63, 3.8) is 0 Å². The highest BCUT2D eigenvalue weighted by atomic mass is 35.5. The van der Waals surface area contributed by atoms with Crippen LogP contribution in [-0.2, 0) is 6.98 Å². The molecule has 10 heteroatoms. The standard InChI is InChI=1S/C21H23ClFN7O/c1-12-5-18(25-11-24-12)30-9-13-3-4-14(10-30)19(13)26-20-27-21(29(2)28-20)31-17-7-15(22)6-16(23)8-17/h5-8,11,13-14,19H,3-4,9-10H2,1-2H3,(H,26,28)/i2D3. The summed E-state index contributed by atoms with van der Waals surface area (Å²) in [6, 6.07) is 5.40. The van der Waals surface area contributed by atoms with Crippen molar-refractivity contribution in [2.75, 3.05) is 23.3 Å². The smallest absolute Gasteiger partial charge is 0.321 e. The summed E-state index contributed by atoms with van der Waals surface area (Å²) >= 11 is 5.89. The minimum Gasteiger partial charge on any atom is -0.424 e. The van der Waals surface area contributed by atoms with Gasteiger partial charge in [0.05, 0.1) is 0 Å². The molecule has 1 aliphatic carbocycles. The Bertz CT molecular complexity index is 1170. The van der Waals surface area contributed by atoms with Crippen molar-refractivity contribution in [3.05, 3.63) is 47.1 Å². The minimum absolute atomic E-state index is 0.0305. The lowest BCUT2D eigenvalue weighted by molar-refractivity contribution is 0.374. The average molecular weight is 447 g/mol. The van der Waals surface area contributed by atoms with Crippen LogP contribution in [0.5, 0.6) is 11.8 Å². The van der Waals surface area contributed by atoms with E-state index in [4.69, 9.17) is 20.5 Å². The lowest BCUT2D eigenvalue weighted by Crippen LogP contribution is -2.48. The van der Waals surface area contributed by atoms with Crippen LogP contribution in [0, 0.1) is 24.6 Å². The topological polar surface area (TPSA) is 81.0 Å². The molecule has 1 saturated heterocycles. The van der Waals surface area contributed by atoms with E-state index in [-0.39, 0.29) is 28.8 Å². The third-order valence-electron chi connectivity index (χ3n) is 5.87. The molecule has 2 fully saturated rings. The Hall–Kier alpha value is -2.94. The van der Waals surface area contributed by atoms with Crippen molar-refractivity contribution >= 4 is 23.4 Å². The van der Waals surface area contributed by atoms with Crippen molar-refractivity contribution in [2.24, 2.45) is 18.8 Å². The van der Waals surface area contributed by atoms with Gasteiger partial charge in [-0.2, -0.15) is 4.98 Å². The van der Waals surface area contributed by atoms with Crippen LogP contribution >= 0.6 is 11.6 Å². The zero-order valence-corrected chi connectivity index (χ0v) is 17.6. The van der Waals surface area contributed by atoms with Crippen LogP contribution in [-0.4, -0.2) is 43.9 Å². The predicted molar refractivity (Wildman–Crippen MR) is 115 cm³/mol. The van der Waals surface area contributed by atoms with Crippen LogP contribution in [0.15, 0.2) is 30.6 Å². The van der Waals surface area contributed by atoms with Gasteiger partial charge in [-0.25, -0.2) is 19.0 Å². The summed E-state index contributed by atoms with van der Waals surface area (Å²) < 4.78 is 43.4. The average Bonchev–Trinajstić information content (AvgIpc) is 3.23. The van der Waals surface area contributed by atoms with Crippen LogP contribution < -0.4 is 15.0 Å². The molecule has 8 nitrogen and oxygen atoms in total. The fourth-order valence-corrected chi connectivity index (χ4v) is 4.74. The Labute approximate surface area is 188 Å². The van der Waals surface area contributed by atoms with Gasteiger partial charge in [0.15, 0.2) is 0 Å². The molecule has 0 spiro atoms. The molecule has 1 aromatic carbocycles. The molecule has 31 heavy (non-hydrogen) atoms. The van der Waals surface area contributed by atoms with Crippen LogP contribution in [0.3, 0.4) is 0 Å². The maximum absolute atomic E-state index is 13.7. The van der Waals surface area contributed by atoms with Crippen LogP contribution in [0.4, 0.5) is 16.2 Å². The Morgan fingerprint density at radius 2 is 2.00 bits per heavy atom. The van der Waals surface area contributed by atoms with Gasteiger partial charge in [0.1, 0.15) is 23.7 Å². The second-order valence-electron chi connectivity index (χ2n) is 8.03. The summed E-state index contributed by atoms with van der Waals surface area (Å²) in [7, 11) is 0. The van der Waals surface area contributed by atoms with E-state index in [0.29, 0.717) is 11.8 Å². The first-order valence-electron chi connectivity index (χ1n) is 11.6. The molecule has 3 heterocycles. The third-order valence-corrected chi connectivity index (χ3v) is 6.08. The number of aromatic nitrogens is 5. The van der Waals surface area contributed by atoms with Crippen LogP contribution in [0.1, 0.15) is 22.6 Å². The van der Waals surface area contributed by atoms with Gasteiger partial charge in [0, 0.05) is 53.1 Å². The molecular formula is C21H23ClFN7O. The minimum atomic E-state index is -2.63. The number of nitrogens with one attached hydrogen (secondary N) is 1. The number of fused-ring (bicyclic) bond motifs is 2.